The average molecular weight is 235 g/mol. The monoisotopic (exact) mass is 235 g/mol. The van der Waals surface area contributed by atoms with E-state index in [4.69, 9.17) is 10.8 Å². The molecule has 0 amide bonds. The Balaban J connectivity index is 2.28. The summed E-state index contributed by atoms with van der Waals surface area (Å²) in [6.07, 6.45) is 8.01. The topological polar surface area (TPSA) is 43.8 Å². The number of aryl methyl sites for hydroxylation is 1. The molecule has 0 spiro atoms. The Bertz CT molecular complexity index is 371. The molecule has 0 saturated heterocycles. The lowest BCUT2D eigenvalue weighted by Crippen LogP contribution is -2.13. The van der Waals surface area contributed by atoms with Crippen molar-refractivity contribution in [3.63, 3.8) is 0 Å². The highest BCUT2D eigenvalue weighted by Gasteiger charge is 2.21. The fourth-order valence-electron chi connectivity index (χ4n) is 3.19. The third kappa shape index (κ3) is 2.54. The third-order valence-electron chi connectivity index (χ3n) is 4.01. The van der Waals surface area contributed by atoms with E-state index in [2.05, 4.69) is 25.5 Å². The lowest BCUT2D eigenvalue weighted by Gasteiger charge is -2.17. The van der Waals surface area contributed by atoms with Gasteiger partial charge in [-0.2, -0.15) is 5.10 Å². The molecule has 1 aliphatic rings. The Morgan fingerprint density at radius 3 is 2.24 bits per heavy atom. The quantitative estimate of drug-likeness (QED) is 0.798. The fraction of sp³-hybridized carbons (Fsp3) is 0.786. The molecule has 0 radical (unpaired) electrons. The van der Waals surface area contributed by atoms with Gasteiger partial charge in [-0.25, -0.2) is 0 Å². The second kappa shape index (κ2) is 5.21. The van der Waals surface area contributed by atoms with E-state index in [-0.39, 0.29) is 6.04 Å². The maximum absolute atomic E-state index is 6.04. The summed E-state index contributed by atoms with van der Waals surface area (Å²) in [5.41, 5.74) is 9.68. The second-order valence-corrected chi connectivity index (χ2v) is 5.46. The van der Waals surface area contributed by atoms with Crippen LogP contribution in [0, 0.1) is 13.8 Å². The summed E-state index contributed by atoms with van der Waals surface area (Å²) >= 11 is 0. The van der Waals surface area contributed by atoms with Crippen LogP contribution in [0.3, 0.4) is 0 Å². The molecule has 1 unspecified atom stereocenters. The summed E-state index contributed by atoms with van der Waals surface area (Å²) in [7, 11) is 0. The van der Waals surface area contributed by atoms with E-state index in [0.29, 0.717) is 6.04 Å². The van der Waals surface area contributed by atoms with Crippen molar-refractivity contribution in [1.82, 2.24) is 9.78 Å². The summed E-state index contributed by atoms with van der Waals surface area (Å²) in [6.45, 7) is 6.30. The highest BCUT2D eigenvalue weighted by atomic mass is 15.3. The van der Waals surface area contributed by atoms with E-state index in [1.807, 2.05) is 0 Å². The van der Waals surface area contributed by atoms with E-state index in [1.54, 1.807) is 0 Å². The predicted octanol–water partition coefficient (Wildman–Crippen LogP) is 3.41. The molecular formula is C14H25N3. The van der Waals surface area contributed by atoms with Gasteiger partial charge in [-0.15, -0.1) is 0 Å². The zero-order chi connectivity index (χ0) is 12.4. The molecule has 0 aliphatic heterocycles. The molecule has 1 aliphatic carbocycles. The van der Waals surface area contributed by atoms with Crippen LogP contribution >= 0.6 is 0 Å². The van der Waals surface area contributed by atoms with Gasteiger partial charge in [0.1, 0.15) is 0 Å². The number of rotatable bonds is 2. The molecule has 1 fully saturated rings. The van der Waals surface area contributed by atoms with Crippen LogP contribution < -0.4 is 5.73 Å². The van der Waals surface area contributed by atoms with Crippen molar-refractivity contribution in [2.75, 3.05) is 0 Å². The summed E-state index contributed by atoms with van der Waals surface area (Å²) < 4.78 is 2.25. The standard InChI is InChI=1S/C14H25N3/c1-10(15)14-11(2)16-17(12(14)3)13-8-6-4-5-7-9-13/h10,13H,4-9,15H2,1-3H3. The Hall–Kier alpha value is -0.830. The molecule has 2 N–H and O–H groups in total. The first-order valence-electron chi connectivity index (χ1n) is 6.92. The molecule has 1 aromatic heterocycles. The van der Waals surface area contributed by atoms with E-state index < -0.39 is 0 Å². The molecule has 0 aromatic carbocycles. The first-order valence-corrected chi connectivity index (χ1v) is 6.92. The van der Waals surface area contributed by atoms with Crippen molar-refractivity contribution in [2.45, 2.75) is 71.4 Å². The molecule has 3 nitrogen and oxygen atoms in total. The van der Waals surface area contributed by atoms with Crippen LogP contribution in [-0.2, 0) is 0 Å². The first kappa shape index (κ1) is 12.6. The number of nitrogens with zero attached hydrogens (tertiary/aromatic N) is 2. The molecular weight excluding hydrogens is 210 g/mol. The fourth-order valence-corrected chi connectivity index (χ4v) is 3.19. The van der Waals surface area contributed by atoms with Gasteiger partial charge in [0.05, 0.1) is 11.7 Å². The normalized spacial score (nSPS) is 20.2. The van der Waals surface area contributed by atoms with E-state index in [9.17, 15) is 0 Å². The van der Waals surface area contributed by atoms with Crippen LogP contribution in [0.25, 0.3) is 0 Å². The van der Waals surface area contributed by atoms with Gasteiger partial charge in [0.2, 0.25) is 0 Å². The van der Waals surface area contributed by atoms with E-state index >= 15 is 0 Å². The first-order chi connectivity index (χ1) is 8.11. The molecule has 1 saturated carbocycles. The lowest BCUT2D eigenvalue weighted by molar-refractivity contribution is 0.396. The zero-order valence-corrected chi connectivity index (χ0v) is 11.4. The maximum Gasteiger partial charge on any atom is 0.0644 e. The Labute approximate surface area is 104 Å². The Morgan fingerprint density at radius 1 is 1.18 bits per heavy atom. The van der Waals surface area contributed by atoms with Crippen molar-refractivity contribution >= 4 is 0 Å². The second-order valence-electron chi connectivity index (χ2n) is 5.46. The zero-order valence-electron chi connectivity index (χ0n) is 11.4. The molecule has 1 heterocycles. The van der Waals surface area contributed by atoms with Gasteiger partial charge in [-0.05, 0) is 33.6 Å². The van der Waals surface area contributed by atoms with Crippen LogP contribution in [0.5, 0.6) is 0 Å². The van der Waals surface area contributed by atoms with Gasteiger partial charge in [0, 0.05) is 17.3 Å². The van der Waals surface area contributed by atoms with Crippen molar-refractivity contribution in [3.8, 4) is 0 Å². The largest absolute Gasteiger partial charge is 0.324 e. The van der Waals surface area contributed by atoms with E-state index in [1.165, 1.54) is 49.8 Å². The molecule has 17 heavy (non-hydrogen) atoms. The van der Waals surface area contributed by atoms with Crippen LogP contribution in [0.2, 0.25) is 0 Å². The third-order valence-corrected chi connectivity index (χ3v) is 4.01. The summed E-state index contributed by atoms with van der Waals surface area (Å²) in [5, 5.41) is 4.73. The average Bonchev–Trinajstić information content (AvgIpc) is 2.48. The minimum absolute atomic E-state index is 0.0922. The number of aromatic nitrogens is 2. The number of hydrogen-bond acceptors (Lipinski definition) is 2. The molecule has 3 heteroatoms. The Morgan fingerprint density at radius 2 is 1.76 bits per heavy atom. The minimum Gasteiger partial charge on any atom is -0.324 e. The minimum atomic E-state index is 0.0922. The maximum atomic E-state index is 6.04. The summed E-state index contributed by atoms with van der Waals surface area (Å²) in [4.78, 5) is 0. The molecule has 1 aromatic rings. The van der Waals surface area contributed by atoms with Gasteiger partial charge >= 0.3 is 0 Å². The Kier molecular flexibility index (Phi) is 3.87. The van der Waals surface area contributed by atoms with Gasteiger partial charge < -0.3 is 5.73 Å². The smallest absolute Gasteiger partial charge is 0.0644 e. The highest BCUT2D eigenvalue weighted by molar-refractivity contribution is 5.27. The summed E-state index contributed by atoms with van der Waals surface area (Å²) in [5.74, 6) is 0. The lowest BCUT2D eigenvalue weighted by atomic mass is 10.1. The van der Waals surface area contributed by atoms with Gasteiger partial charge in [0.25, 0.3) is 0 Å². The molecule has 96 valence electrons. The predicted molar refractivity (Wildman–Crippen MR) is 71.0 cm³/mol. The van der Waals surface area contributed by atoms with Crippen LogP contribution in [0.1, 0.15) is 74.5 Å². The number of nitrogens with two attached hydrogens (primary N) is 1. The van der Waals surface area contributed by atoms with Crippen molar-refractivity contribution in [3.05, 3.63) is 17.0 Å². The van der Waals surface area contributed by atoms with Gasteiger partial charge in [0.15, 0.2) is 0 Å². The number of hydrogen-bond donors (Lipinski definition) is 1. The van der Waals surface area contributed by atoms with Crippen molar-refractivity contribution < 1.29 is 0 Å². The van der Waals surface area contributed by atoms with E-state index in [0.717, 1.165) is 5.69 Å². The van der Waals surface area contributed by atoms with Gasteiger partial charge in [-0.1, -0.05) is 25.7 Å². The van der Waals surface area contributed by atoms with Gasteiger partial charge in [-0.3, -0.25) is 4.68 Å². The summed E-state index contributed by atoms with van der Waals surface area (Å²) in [6, 6.07) is 0.693. The van der Waals surface area contributed by atoms with Crippen LogP contribution in [0.4, 0.5) is 0 Å². The molecule has 2 rings (SSSR count). The van der Waals surface area contributed by atoms with Crippen LogP contribution in [0.15, 0.2) is 0 Å². The highest BCUT2D eigenvalue weighted by Crippen LogP contribution is 2.30. The molecule has 1 atom stereocenters. The van der Waals surface area contributed by atoms with Crippen molar-refractivity contribution in [2.24, 2.45) is 5.73 Å². The SMILES string of the molecule is Cc1nn(C2CCCCCC2)c(C)c1C(C)N. The molecule has 0 bridgehead atoms. The van der Waals surface area contributed by atoms with Crippen molar-refractivity contribution in [1.29, 1.82) is 0 Å². The van der Waals surface area contributed by atoms with Crippen LogP contribution in [-0.4, -0.2) is 9.78 Å².